The average molecular weight is 478 g/mol. The van der Waals surface area contributed by atoms with E-state index in [1.807, 2.05) is 0 Å². The quantitative estimate of drug-likeness (QED) is 0.385. The predicted molar refractivity (Wildman–Crippen MR) is 52.4 cm³/mol. The summed E-state index contributed by atoms with van der Waals surface area (Å²) in [5, 5.41) is 0. The highest BCUT2D eigenvalue weighted by atomic mass is 19.4. The van der Waals surface area contributed by atoms with Crippen LogP contribution in [0.3, 0.4) is 0 Å². The first-order chi connectivity index (χ1) is 12.2. The summed E-state index contributed by atoms with van der Waals surface area (Å²) in [6.45, 7) is -0.572. The molecule has 0 aromatic heterocycles. The zero-order valence-electron chi connectivity index (χ0n) is 12.7. The lowest BCUT2D eigenvalue weighted by molar-refractivity contribution is -0.484. The van der Waals surface area contributed by atoms with E-state index in [1.165, 1.54) is 0 Å². The lowest BCUT2D eigenvalue weighted by Gasteiger charge is -2.46. The molecule has 0 aliphatic carbocycles. The summed E-state index contributed by atoms with van der Waals surface area (Å²) in [4.78, 5) is 10.4. The van der Waals surface area contributed by atoms with Crippen molar-refractivity contribution in [2.45, 2.75) is 54.7 Å². The molecule has 0 bridgehead atoms. The van der Waals surface area contributed by atoms with Gasteiger partial charge in [0.1, 0.15) is 0 Å². The Kier molecular flexibility index (Phi) is 6.25. The average Bonchev–Trinajstić information content (AvgIpc) is 2.40. The number of carbonyl (C=O) groups excluding carboxylic acids is 1. The van der Waals surface area contributed by atoms with Gasteiger partial charge in [-0.25, -0.2) is 4.39 Å². The van der Waals surface area contributed by atoms with Crippen molar-refractivity contribution in [1.82, 2.24) is 0 Å². The van der Waals surface area contributed by atoms with Gasteiger partial charge in [-0.2, -0.15) is 70.2 Å². The van der Waals surface area contributed by atoms with Crippen molar-refractivity contribution in [2.24, 2.45) is 0 Å². The summed E-state index contributed by atoms with van der Waals surface area (Å²) in [6, 6.07) is 0. The Morgan fingerprint density at radius 1 is 0.517 bits per heavy atom. The van der Waals surface area contributed by atoms with Crippen LogP contribution >= 0.6 is 0 Å². The molecule has 1 unspecified atom stereocenters. The molecule has 1 atom stereocenters. The summed E-state index contributed by atoms with van der Waals surface area (Å²) in [6.07, 6.45) is -24.0. The second kappa shape index (κ2) is 6.64. The van der Waals surface area contributed by atoms with Gasteiger partial charge in [-0.1, -0.05) is 0 Å². The molecule has 2 nitrogen and oxygen atoms in total. The monoisotopic (exact) mass is 478 g/mol. The molecular weight excluding hydrogens is 475 g/mol. The second-order valence-corrected chi connectivity index (χ2v) is 5.06. The van der Waals surface area contributed by atoms with Crippen LogP contribution in [0, 0.1) is 0 Å². The SMILES string of the molecule is CC(=O)OC(F)(C(F)(F)C(F)(F)C(F)(F)C(F)(F)F)C(F)(C(F)(F)F)C(F)(F)F. The maximum atomic E-state index is 14.1. The van der Waals surface area contributed by atoms with Gasteiger partial charge in [-0.15, -0.1) is 0 Å². The van der Waals surface area contributed by atoms with Gasteiger partial charge in [-0.3, -0.25) is 4.79 Å². The van der Waals surface area contributed by atoms with Crippen molar-refractivity contribution in [2.75, 3.05) is 0 Å². The van der Waals surface area contributed by atoms with Gasteiger partial charge < -0.3 is 4.74 Å². The Bertz CT molecular complexity index is 612. The molecular formula is C10H3F17O2. The van der Waals surface area contributed by atoms with E-state index in [1.54, 1.807) is 0 Å². The van der Waals surface area contributed by atoms with Gasteiger partial charge >= 0.3 is 53.8 Å². The van der Waals surface area contributed by atoms with Crippen molar-refractivity contribution in [3.8, 4) is 0 Å². The molecule has 0 aromatic carbocycles. The molecule has 0 saturated carbocycles. The summed E-state index contributed by atoms with van der Waals surface area (Å²) in [5.41, 5.74) is -8.40. The van der Waals surface area contributed by atoms with Crippen LogP contribution in [0.25, 0.3) is 0 Å². The van der Waals surface area contributed by atoms with Gasteiger partial charge in [0.05, 0.1) is 0 Å². The van der Waals surface area contributed by atoms with Crippen molar-refractivity contribution in [3.05, 3.63) is 0 Å². The van der Waals surface area contributed by atoms with Crippen LogP contribution in [0.1, 0.15) is 6.92 Å². The minimum atomic E-state index is -8.61. The molecule has 174 valence electrons. The van der Waals surface area contributed by atoms with E-state index in [-0.39, 0.29) is 0 Å². The predicted octanol–water partition coefficient (Wildman–Crippen LogP) is 5.52. The fraction of sp³-hybridized carbons (Fsp3) is 0.900. The molecule has 0 spiro atoms. The van der Waals surface area contributed by atoms with Gasteiger partial charge in [0.25, 0.3) is 0 Å². The van der Waals surface area contributed by atoms with E-state index in [2.05, 4.69) is 4.74 Å². The highest BCUT2D eigenvalue weighted by molar-refractivity contribution is 5.67. The summed E-state index contributed by atoms with van der Waals surface area (Å²) in [7, 11) is 0. The summed E-state index contributed by atoms with van der Waals surface area (Å²) in [5.74, 6) is -36.7. The molecule has 19 heteroatoms. The minimum Gasteiger partial charge on any atom is -0.418 e. The first-order valence-electron chi connectivity index (χ1n) is 6.08. The van der Waals surface area contributed by atoms with Crippen LogP contribution < -0.4 is 0 Å². The number of hydrogen-bond acceptors (Lipinski definition) is 2. The number of ether oxygens (including phenoxy) is 1. The third-order valence-corrected chi connectivity index (χ3v) is 3.06. The molecule has 0 amide bonds. The topological polar surface area (TPSA) is 26.3 Å². The van der Waals surface area contributed by atoms with E-state index < -0.39 is 60.7 Å². The molecule has 0 rings (SSSR count). The Hall–Kier alpha value is -1.72. The molecule has 0 aromatic rings. The van der Waals surface area contributed by atoms with Crippen molar-refractivity contribution >= 4 is 5.97 Å². The number of hydrogen-bond donors (Lipinski definition) is 0. The van der Waals surface area contributed by atoms with Crippen LogP contribution in [0.5, 0.6) is 0 Å². The van der Waals surface area contributed by atoms with Gasteiger partial charge in [0.15, 0.2) is 0 Å². The van der Waals surface area contributed by atoms with Crippen LogP contribution in [0.4, 0.5) is 74.6 Å². The molecule has 0 heterocycles. The van der Waals surface area contributed by atoms with E-state index in [9.17, 15) is 79.4 Å². The van der Waals surface area contributed by atoms with Gasteiger partial charge in [-0.05, 0) is 0 Å². The molecule has 29 heavy (non-hydrogen) atoms. The van der Waals surface area contributed by atoms with Crippen LogP contribution in [-0.2, 0) is 9.53 Å². The molecule has 0 aliphatic rings. The number of rotatable bonds is 5. The zero-order chi connectivity index (χ0) is 24.3. The third-order valence-electron chi connectivity index (χ3n) is 3.06. The maximum absolute atomic E-state index is 14.1. The molecule has 0 radical (unpaired) electrons. The Morgan fingerprint density at radius 2 is 0.828 bits per heavy atom. The van der Waals surface area contributed by atoms with E-state index >= 15 is 0 Å². The normalized spacial score (nSPS) is 17.7. The van der Waals surface area contributed by atoms with Crippen molar-refractivity contribution < 1.29 is 84.2 Å². The fourth-order valence-electron chi connectivity index (χ4n) is 1.65. The standard InChI is InChI=1S/C10H3F17O2/c1-2(28)29-7(18,3(11,8(19,20)21)9(22,23)24)5(14,15)4(12,13)6(16,17)10(25,26)27/h1H3. The minimum absolute atomic E-state index is 0.572. The summed E-state index contributed by atoms with van der Waals surface area (Å²) >= 11 is 0. The van der Waals surface area contributed by atoms with Crippen molar-refractivity contribution in [1.29, 1.82) is 0 Å². The first kappa shape index (κ1) is 27.3. The van der Waals surface area contributed by atoms with E-state index in [4.69, 9.17) is 0 Å². The van der Waals surface area contributed by atoms with Crippen LogP contribution in [-0.4, -0.2) is 53.8 Å². The van der Waals surface area contributed by atoms with Gasteiger partial charge in [0.2, 0.25) is 0 Å². The van der Waals surface area contributed by atoms with Gasteiger partial charge in [0, 0.05) is 6.92 Å². The molecule has 0 fully saturated rings. The smallest absolute Gasteiger partial charge is 0.418 e. The van der Waals surface area contributed by atoms with E-state index in [0.29, 0.717) is 0 Å². The van der Waals surface area contributed by atoms with E-state index in [0.717, 1.165) is 0 Å². The highest BCUT2D eigenvalue weighted by Gasteiger charge is 2.98. The second-order valence-electron chi connectivity index (χ2n) is 5.06. The molecule has 0 aliphatic heterocycles. The molecule has 0 saturated heterocycles. The zero-order valence-corrected chi connectivity index (χ0v) is 12.7. The maximum Gasteiger partial charge on any atom is 0.460 e. The number of halogens is 17. The molecule has 0 N–H and O–H groups in total. The largest absolute Gasteiger partial charge is 0.460 e. The van der Waals surface area contributed by atoms with Crippen molar-refractivity contribution in [3.63, 3.8) is 0 Å². The summed E-state index contributed by atoms with van der Waals surface area (Å²) < 4.78 is 219. The fourth-order valence-corrected chi connectivity index (χ4v) is 1.65. The number of alkyl halides is 17. The Balaban J connectivity index is 7.37. The highest BCUT2D eigenvalue weighted by Crippen LogP contribution is 2.65. The third kappa shape index (κ3) is 3.53. The number of carbonyl (C=O) groups is 1. The Labute approximate surface area is 146 Å². The first-order valence-corrected chi connectivity index (χ1v) is 6.08. The van der Waals surface area contributed by atoms with Crippen LogP contribution in [0.15, 0.2) is 0 Å². The lowest BCUT2D eigenvalue weighted by Crippen LogP contribution is -2.79. The lowest BCUT2D eigenvalue weighted by atomic mass is 9.84. The Morgan fingerprint density at radius 3 is 1.03 bits per heavy atom. The number of esters is 1. The van der Waals surface area contributed by atoms with Crippen LogP contribution in [0.2, 0.25) is 0 Å².